The van der Waals surface area contributed by atoms with Crippen LogP contribution in [0.1, 0.15) is 54.5 Å². The normalized spacial score (nSPS) is 27.4. The van der Waals surface area contributed by atoms with Gasteiger partial charge in [-0.2, -0.15) is 0 Å². The number of amides is 1. The largest absolute Gasteiger partial charge is 0.334 e. The van der Waals surface area contributed by atoms with E-state index >= 15 is 0 Å². The van der Waals surface area contributed by atoms with Gasteiger partial charge in [0.05, 0.1) is 0 Å². The molecule has 0 radical (unpaired) electrons. The smallest absolute Gasteiger partial charge is 0.293 e. The molecule has 1 atom stereocenters. The third-order valence-electron chi connectivity index (χ3n) is 4.75. The first-order valence-corrected chi connectivity index (χ1v) is 7.77. The van der Waals surface area contributed by atoms with Crippen molar-refractivity contribution in [2.75, 3.05) is 26.2 Å². The molecule has 6 heteroatoms. The Morgan fingerprint density at radius 2 is 2.00 bits per heavy atom. The lowest BCUT2D eigenvalue weighted by atomic mass is 10.2. The van der Waals surface area contributed by atoms with Gasteiger partial charge in [-0.25, -0.2) is 4.98 Å². The fraction of sp³-hybridized carbons (Fsp3) is 0.786. The Morgan fingerprint density at radius 3 is 2.85 bits per heavy atom. The predicted molar refractivity (Wildman–Crippen MR) is 73.5 cm³/mol. The van der Waals surface area contributed by atoms with Crippen molar-refractivity contribution in [1.82, 2.24) is 25.0 Å². The molecule has 108 valence electrons. The summed E-state index contributed by atoms with van der Waals surface area (Å²) in [5.41, 5.74) is 0. The van der Waals surface area contributed by atoms with E-state index < -0.39 is 0 Å². The minimum Gasteiger partial charge on any atom is -0.334 e. The Labute approximate surface area is 118 Å². The molecule has 2 saturated heterocycles. The second-order valence-electron chi connectivity index (χ2n) is 6.26. The number of nitrogens with zero attached hydrogens (tertiary/aromatic N) is 4. The molecule has 4 rings (SSSR count). The van der Waals surface area contributed by atoms with Crippen molar-refractivity contribution in [3.05, 3.63) is 11.6 Å². The van der Waals surface area contributed by atoms with Crippen molar-refractivity contribution in [3.8, 4) is 0 Å². The van der Waals surface area contributed by atoms with Gasteiger partial charge in [0.1, 0.15) is 5.82 Å². The quantitative estimate of drug-likeness (QED) is 0.874. The van der Waals surface area contributed by atoms with Crippen molar-refractivity contribution in [2.24, 2.45) is 0 Å². The molecule has 1 saturated carbocycles. The zero-order valence-corrected chi connectivity index (χ0v) is 11.7. The highest BCUT2D eigenvalue weighted by Gasteiger charge is 2.33. The van der Waals surface area contributed by atoms with Crippen LogP contribution < -0.4 is 0 Å². The van der Waals surface area contributed by atoms with E-state index in [1.54, 1.807) is 0 Å². The van der Waals surface area contributed by atoms with E-state index in [1.807, 2.05) is 4.90 Å². The van der Waals surface area contributed by atoms with Crippen molar-refractivity contribution in [3.63, 3.8) is 0 Å². The van der Waals surface area contributed by atoms with Gasteiger partial charge in [0.2, 0.25) is 5.82 Å². The van der Waals surface area contributed by atoms with E-state index in [0.717, 1.165) is 31.9 Å². The molecule has 1 aromatic rings. The van der Waals surface area contributed by atoms with Crippen molar-refractivity contribution in [2.45, 2.75) is 44.1 Å². The third-order valence-corrected chi connectivity index (χ3v) is 4.75. The van der Waals surface area contributed by atoms with Gasteiger partial charge in [-0.15, -0.1) is 5.10 Å². The number of rotatable bonds is 2. The third kappa shape index (κ3) is 2.22. The topological polar surface area (TPSA) is 65.1 Å². The summed E-state index contributed by atoms with van der Waals surface area (Å²) in [7, 11) is 0. The number of fused-ring (bicyclic) bond motifs is 1. The summed E-state index contributed by atoms with van der Waals surface area (Å²) in [4.78, 5) is 21.4. The molecule has 1 amide bonds. The Morgan fingerprint density at radius 1 is 1.15 bits per heavy atom. The van der Waals surface area contributed by atoms with E-state index in [2.05, 4.69) is 20.1 Å². The number of carbonyl (C=O) groups is 1. The van der Waals surface area contributed by atoms with Crippen LogP contribution in [0.15, 0.2) is 0 Å². The Hall–Kier alpha value is -1.43. The molecule has 6 nitrogen and oxygen atoms in total. The van der Waals surface area contributed by atoms with Crippen LogP contribution in [0, 0.1) is 0 Å². The lowest BCUT2D eigenvalue weighted by Crippen LogP contribution is -2.40. The number of H-pyrrole nitrogens is 1. The maximum Gasteiger partial charge on any atom is 0.293 e. The summed E-state index contributed by atoms with van der Waals surface area (Å²) >= 11 is 0. The number of nitrogens with one attached hydrogen (secondary N) is 1. The molecule has 20 heavy (non-hydrogen) atoms. The Kier molecular flexibility index (Phi) is 2.98. The lowest BCUT2D eigenvalue weighted by molar-refractivity contribution is 0.0731. The number of hydrogen-bond acceptors (Lipinski definition) is 4. The van der Waals surface area contributed by atoms with Crippen molar-refractivity contribution >= 4 is 5.91 Å². The highest BCUT2D eigenvalue weighted by atomic mass is 16.2. The van der Waals surface area contributed by atoms with Gasteiger partial charge >= 0.3 is 0 Å². The molecule has 0 aromatic carbocycles. The Bertz CT molecular complexity index is 509. The van der Waals surface area contributed by atoms with E-state index in [9.17, 15) is 4.79 Å². The molecule has 0 spiro atoms. The zero-order valence-electron chi connectivity index (χ0n) is 11.7. The average Bonchev–Trinajstić information content (AvgIpc) is 3.10. The standard InChI is InChI=1S/C14H21N5O/c20-14(13-15-12(16-17-13)10-4-5-10)19-8-2-7-18-6-1-3-11(18)9-19/h10-11H,1-9H2,(H,15,16,17). The van der Waals surface area contributed by atoms with Gasteiger partial charge in [0.15, 0.2) is 0 Å². The van der Waals surface area contributed by atoms with E-state index in [-0.39, 0.29) is 5.91 Å². The van der Waals surface area contributed by atoms with E-state index in [0.29, 0.717) is 17.8 Å². The van der Waals surface area contributed by atoms with Crippen LogP contribution in [0.25, 0.3) is 0 Å². The summed E-state index contributed by atoms with van der Waals surface area (Å²) in [6.07, 6.45) is 5.87. The number of aromatic nitrogens is 3. The molecule has 3 fully saturated rings. The summed E-state index contributed by atoms with van der Waals surface area (Å²) in [6, 6.07) is 0.545. The summed E-state index contributed by atoms with van der Waals surface area (Å²) in [6.45, 7) is 3.99. The zero-order chi connectivity index (χ0) is 13.5. The van der Waals surface area contributed by atoms with Crippen LogP contribution in [0.5, 0.6) is 0 Å². The summed E-state index contributed by atoms with van der Waals surface area (Å²) in [5.74, 6) is 1.77. The Balaban J connectivity index is 1.48. The molecule has 1 N–H and O–H groups in total. The highest BCUT2D eigenvalue weighted by molar-refractivity contribution is 5.90. The molecule has 3 aliphatic rings. The monoisotopic (exact) mass is 275 g/mol. The molecule has 1 aliphatic carbocycles. The van der Waals surface area contributed by atoms with Crippen LogP contribution in [-0.2, 0) is 0 Å². The van der Waals surface area contributed by atoms with Gasteiger partial charge < -0.3 is 4.90 Å². The first-order valence-electron chi connectivity index (χ1n) is 7.77. The first-order chi connectivity index (χ1) is 9.81. The first kappa shape index (κ1) is 12.3. The van der Waals surface area contributed by atoms with Crippen LogP contribution >= 0.6 is 0 Å². The SMILES string of the molecule is O=C(c1n[nH]c(C2CC2)n1)N1CCCN2CCCC2C1. The average molecular weight is 275 g/mol. The molecular weight excluding hydrogens is 254 g/mol. The molecule has 1 aromatic heterocycles. The van der Waals surface area contributed by atoms with Crippen molar-refractivity contribution < 1.29 is 4.79 Å². The van der Waals surface area contributed by atoms with Crippen LogP contribution in [-0.4, -0.2) is 63.1 Å². The number of carbonyl (C=O) groups excluding carboxylic acids is 1. The molecule has 3 heterocycles. The second-order valence-corrected chi connectivity index (χ2v) is 6.26. The molecule has 1 unspecified atom stereocenters. The fourth-order valence-corrected chi connectivity index (χ4v) is 3.44. The minimum atomic E-state index is 0.00176. The van der Waals surface area contributed by atoms with E-state index in [1.165, 1.54) is 32.2 Å². The van der Waals surface area contributed by atoms with Gasteiger partial charge in [-0.05, 0) is 38.6 Å². The van der Waals surface area contributed by atoms with Gasteiger partial charge in [0.25, 0.3) is 5.91 Å². The van der Waals surface area contributed by atoms with Gasteiger partial charge in [-0.3, -0.25) is 14.8 Å². The lowest BCUT2D eigenvalue weighted by Gasteiger charge is -2.24. The van der Waals surface area contributed by atoms with Crippen LogP contribution in [0.4, 0.5) is 0 Å². The van der Waals surface area contributed by atoms with Crippen LogP contribution in [0.3, 0.4) is 0 Å². The molecule has 0 bridgehead atoms. The maximum absolute atomic E-state index is 12.6. The number of aromatic amines is 1. The van der Waals surface area contributed by atoms with Gasteiger partial charge in [0, 0.05) is 31.6 Å². The molecule has 2 aliphatic heterocycles. The summed E-state index contributed by atoms with van der Waals surface area (Å²) in [5, 5.41) is 7.06. The minimum absolute atomic E-state index is 0.00176. The fourth-order valence-electron chi connectivity index (χ4n) is 3.44. The van der Waals surface area contributed by atoms with Gasteiger partial charge in [-0.1, -0.05) is 0 Å². The number of hydrogen-bond donors (Lipinski definition) is 1. The highest BCUT2D eigenvalue weighted by Crippen LogP contribution is 2.37. The maximum atomic E-state index is 12.6. The van der Waals surface area contributed by atoms with E-state index in [4.69, 9.17) is 0 Å². The van der Waals surface area contributed by atoms with Crippen LogP contribution in [0.2, 0.25) is 0 Å². The molecular formula is C14H21N5O. The summed E-state index contributed by atoms with van der Waals surface area (Å²) < 4.78 is 0. The predicted octanol–water partition coefficient (Wildman–Crippen LogP) is 0.992. The second kappa shape index (κ2) is 4.84. The van der Waals surface area contributed by atoms with Crippen molar-refractivity contribution in [1.29, 1.82) is 0 Å².